The Morgan fingerprint density at radius 3 is 2.24 bits per heavy atom. The summed E-state index contributed by atoms with van der Waals surface area (Å²) in [6, 6.07) is 13.0. The minimum Gasteiger partial charge on any atom is -0.354 e. The highest BCUT2D eigenvalue weighted by molar-refractivity contribution is 14.1. The summed E-state index contributed by atoms with van der Waals surface area (Å²) >= 11 is 8.10. The lowest BCUT2D eigenvalue weighted by Gasteiger charge is -2.31. The van der Waals surface area contributed by atoms with Crippen LogP contribution in [0.25, 0.3) is 0 Å². The highest BCUT2D eigenvalue weighted by atomic mass is 127. The summed E-state index contributed by atoms with van der Waals surface area (Å²) in [5, 5.41) is 3.41. The largest absolute Gasteiger partial charge is 0.354 e. The number of rotatable bonds is 11. The zero-order chi connectivity index (χ0) is 24.6. The van der Waals surface area contributed by atoms with Crippen LogP contribution in [0.15, 0.2) is 48.5 Å². The standard InChI is InChI=1S/C23H29ClIN3O4S/c1-4-5-14-26-23(30)17(2)27(15-18-6-8-19(24)9-7-18)22(29)16-28(33(3,31)32)21-12-10-20(25)11-13-21/h6-13,17H,4-5,14-16H2,1-3H3,(H,26,30). The summed E-state index contributed by atoms with van der Waals surface area (Å²) in [7, 11) is -3.74. The lowest BCUT2D eigenvalue weighted by Crippen LogP contribution is -2.51. The van der Waals surface area contributed by atoms with E-state index in [0.717, 1.165) is 32.5 Å². The third-order valence-corrected chi connectivity index (χ3v) is 7.17. The molecule has 2 rings (SSSR count). The number of carbonyl (C=O) groups excluding carboxylic acids is 2. The van der Waals surface area contributed by atoms with E-state index in [4.69, 9.17) is 11.6 Å². The molecule has 0 saturated heterocycles. The number of carbonyl (C=O) groups is 2. The van der Waals surface area contributed by atoms with Crippen molar-refractivity contribution in [2.24, 2.45) is 0 Å². The number of sulfonamides is 1. The van der Waals surface area contributed by atoms with Crippen molar-refractivity contribution in [2.75, 3.05) is 23.7 Å². The predicted molar refractivity (Wildman–Crippen MR) is 141 cm³/mol. The third kappa shape index (κ3) is 8.46. The number of nitrogens with one attached hydrogen (secondary N) is 1. The molecule has 180 valence electrons. The van der Waals surface area contributed by atoms with Gasteiger partial charge < -0.3 is 10.2 Å². The van der Waals surface area contributed by atoms with Crippen molar-refractivity contribution in [1.82, 2.24) is 10.2 Å². The van der Waals surface area contributed by atoms with E-state index in [2.05, 4.69) is 27.9 Å². The van der Waals surface area contributed by atoms with Crippen molar-refractivity contribution in [3.63, 3.8) is 0 Å². The van der Waals surface area contributed by atoms with Crippen LogP contribution in [0.4, 0.5) is 5.69 Å². The zero-order valence-electron chi connectivity index (χ0n) is 18.9. The van der Waals surface area contributed by atoms with Gasteiger partial charge in [-0.3, -0.25) is 13.9 Å². The van der Waals surface area contributed by atoms with Crippen LogP contribution in [-0.4, -0.2) is 50.5 Å². The van der Waals surface area contributed by atoms with Gasteiger partial charge >= 0.3 is 0 Å². The normalized spacial score (nSPS) is 12.2. The number of halogens is 2. The molecule has 0 aromatic heterocycles. The maximum Gasteiger partial charge on any atom is 0.244 e. The second-order valence-electron chi connectivity index (χ2n) is 7.71. The zero-order valence-corrected chi connectivity index (χ0v) is 22.7. The number of amides is 2. The number of anilines is 1. The third-order valence-electron chi connectivity index (χ3n) is 5.06. The van der Waals surface area contributed by atoms with Gasteiger partial charge in [0.15, 0.2) is 0 Å². The number of hydrogen-bond donors (Lipinski definition) is 1. The fraction of sp³-hybridized carbons (Fsp3) is 0.391. The number of nitrogens with zero attached hydrogens (tertiary/aromatic N) is 2. The lowest BCUT2D eigenvalue weighted by atomic mass is 10.1. The summed E-state index contributed by atoms with van der Waals surface area (Å²) in [5.41, 5.74) is 1.17. The molecule has 1 unspecified atom stereocenters. The molecule has 7 nitrogen and oxygen atoms in total. The van der Waals surface area contributed by atoms with Crippen molar-refractivity contribution in [3.05, 3.63) is 62.7 Å². The molecule has 0 saturated carbocycles. The van der Waals surface area contributed by atoms with E-state index in [9.17, 15) is 18.0 Å². The van der Waals surface area contributed by atoms with E-state index in [1.54, 1.807) is 55.5 Å². The van der Waals surface area contributed by atoms with Gasteiger partial charge in [0.25, 0.3) is 0 Å². The molecule has 2 aromatic carbocycles. The predicted octanol–water partition coefficient (Wildman–Crippen LogP) is 4.04. The maximum atomic E-state index is 13.4. The van der Waals surface area contributed by atoms with Gasteiger partial charge in [0.2, 0.25) is 21.8 Å². The second-order valence-corrected chi connectivity index (χ2v) is 11.3. The Hall–Kier alpha value is -1.85. The van der Waals surface area contributed by atoms with Gasteiger partial charge in [0.05, 0.1) is 11.9 Å². The van der Waals surface area contributed by atoms with Gasteiger partial charge in [-0.05, 0) is 77.9 Å². The van der Waals surface area contributed by atoms with Crippen LogP contribution in [0.2, 0.25) is 5.02 Å². The van der Waals surface area contributed by atoms with Crippen LogP contribution in [0.5, 0.6) is 0 Å². The van der Waals surface area contributed by atoms with Gasteiger partial charge in [-0.25, -0.2) is 8.42 Å². The second kappa shape index (κ2) is 12.6. The molecule has 0 heterocycles. The molecule has 10 heteroatoms. The Labute approximate surface area is 214 Å². The number of unbranched alkanes of at least 4 members (excludes halogenated alkanes) is 1. The average molecular weight is 606 g/mol. The summed E-state index contributed by atoms with van der Waals surface area (Å²) in [5.74, 6) is -0.766. The molecule has 1 N–H and O–H groups in total. The van der Waals surface area contributed by atoms with Crippen LogP contribution in [0, 0.1) is 3.57 Å². The van der Waals surface area contributed by atoms with Crippen LogP contribution in [0.1, 0.15) is 32.3 Å². The van der Waals surface area contributed by atoms with Crippen molar-refractivity contribution in [3.8, 4) is 0 Å². The Morgan fingerprint density at radius 1 is 1.09 bits per heavy atom. The van der Waals surface area contributed by atoms with Crippen LogP contribution in [-0.2, 0) is 26.2 Å². The first kappa shape index (κ1) is 27.4. The Kier molecular flexibility index (Phi) is 10.4. The van der Waals surface area contributed by atoms with Gasteiger partial charge in [-0.2, -0.15) is 0 Å². The fourth-order valence-corrected chi connectivity index (χ4v) is 4.46. The summed E-state index contributed by atoms with van der Waals surface area (Å²) < 4.78 is 27.0. The highest BCUT2D eigenvalue weighted by Crippen LogP contribution is 2.21. The molecule has 0 aliphatic carbocycles. The van der Waals surface area contributed by atoms with Crippen molar-refractivity contribution in [2.45, 2.75) is 39.3 Å². The SMILES string of the molecule is CCCCNC(=O)C(C)N(Cc1ccc(Cl)cc1)C(=O)CN(c1ccc(I)cc1)S(C)(=O)=O. The topological polar surface area (TPSA) is 86.8 Å². The van der Waals surface area contributed by atoms with Crippen LogP contribution in [0.3, 0.4) is 0 Å². The Bertz CT molecular complexity index is 1050. The van der Waals surface area contributed by atoms with Crippen molar-refractivity contribution < 1.29 is 18.0 Å². The minimum atomic E-state index is -3.74. The number of hydrogen-bond acceptors (Lipinski definition) is 4. The molecule has 0 aliphatic rings. The van der Waals surface area contributed by atoms with Crippen molar-refractivity contribution in [1.29, 1.82) is 0 Å². The monoisotopic (exact) mass is 605 g/mol. The van der Waals surface area contributed by atoms with E-state index in [0.29, 0.717) is 17.3 Å². The van der Waals surface area contributed by atoms with E-state index in [-0.39, 0.29) is 12.5 Å². The molecule has 0 radical (unpaired) electrons. The molecule has 2 amide bonds. The van der Waals surface area contributed by atoms with E-state index in [1.807, 2.05) is 6.92 Å². The molecule has 2 aromatic rings. The fourth-order valence-electron chi connectivity index (χ4n) is 3.13. The summed E-state index contributed by atoms with van der Waals surface area (Å²) in [6.07, 6.45) is 2.82. The first-order valence-corrected chi connectivity index (χ1v) is 13.9. The Balaban J connectivity index is 2.32. The van der Waals surface area contributed by atoms with Crippen LogP contribution < -0.4 is 9.62 Å². The molecule has 1 atom stereocenters. The smallest absolute Gasteiger partial charge is 0.244 e. The molecule has 0 fully saturated rings. The van der Waals surface area contributed by atoms with Gasteiger partial charge in [-0.1, -0.05) is 37.1 Å². The van der Waals surface area contributed by atoms with Crippen molar-refractivity contribution >= 4 is 61.7 Å². The molecular formula is C23H29ClIN3O4S. The first-order valence-electron chi connectivity index (χ1n) is 10.6. The van der Waals surface area contributed by atoms with E-state index >= 15 is 0 Å². The van der Waals surface area contributed by atoms with Gasteiger partial charge in [0.1, 0.15) is 12.6 Å². The first-order chi connectivity index (χ1) is 15.5. The molecule has 0 spiro atoms. The minimum absolute atomic E-state index is 0.142. The van der Waals surface area contributed by atoms with E-state index in [1.165, 1.54) is 4.90 Å². The average Bonchev–Trinajstić information content (AvgIpc) is 2.76. The van der Waals surface area contributed by atoms with E-state index < -0.39 is 28.5 Å². The van der Waals surface area contributed by atoms with Gasteiger partial charge in [-0.15, -0.1) is 0 Å². The van der Waals surface area contributed by atoms with Gasteiger partial charge in [0, 0.05) is 21.7 Å². The Morgan fingerprint density at radius 2 is 1.70 bits per heavy atom. The molecule has 33 heavy (non-hydrogen) atoms. The lowest BCUT2D eigenvalue weighted by molar-refractivity contribution is -0.139. The van der Waals surface area contributed by atoms with Crippen LogP contribution >= 0.6 is 34.2 Å². The quantitative estimate of drug-likeness (QED) is 0.309. The summed E-state index contributed by atoms with van der Waals surface area (Å²) in [6.45, 7) is 3.91. The number of benzene rings is 2. The molecular weight excluding hydrogens is 577 g/mol. The molecule has 0 aliphatic heterocycles. The molecule has 0 bridgehead atoms. The maximum absolute atomic E-state index is 13.4. The summed E-state index contributed by atoms with van der Waals surface area (Å²) in [4.78, 5) is 27.5. The highest BCUT2D eigenvalue weighted by Gasteiger charge is 2.30.